The normalized spacial score (nSPS) is 21.7. The van der Waals surface area contributed by atoms with Gasteiger partial charge in [-0.1, -0.05) is 19.9 Å². The van der Waals surface area contributed by atoms with Crippen LogP contribution in [-0.2, 0) is 11.2 Å². The highest BCUT2D eigenvalue weighted by Crippen LogP contribution is 2.34. The Hall–Kier alpha value is -1.06. The third kappa shape index (κ3) is 3.48. The maximum absolute atomic E-state index is 6.28. The van der Waals surface area contributed by atoms with Gasteiger partial charge in [-0.15, -0.1) is 0 Å². The molecule has 2 atom stereocenters. The zero-order valence-corrected chi connectivity index (χ0v) is 12.2. The molecule has 1 aliphatic carbocycles. The Morgan fingerprint density at radius 3 is 2.84 bits per heavy atom. The smallest absolute Gasteiger partial charge is 0.119 e. The number of ether oxygens (including phenoxy) is 2. The van der Waals surface area contributed by atoms with E-state index in [4.69, 9.17) is 15.2 Å². The maximum Gasteiger partial charge on any atom is 0.119 e. The van der Waals surface area contributed by atoms with E-state index in [1.807, 2.05) is 12.1 Å². The van der Waals surface area contributed by atoms with Crippen molar-refractivity contribution in [1.29, 1.82) is 0 Å². The number of rotatable bonds is 6. The van der Waals surface area contributed by atoms with E-state index in [0.29, 0.717) is 0 Å². The third-order valence-corrected chi connectivity index (χ3v) is 3.79. The van der Waals surface area contributed by atoms with Crippen molar-refractivity contribution < 1.29 is 9.47 Å². The third-order valence-electron chi connectivity index (χ3n) is 3.79. The van der Waals surface area contributed by atoms with E-state index < -0.39 is 0 Å². The van der Waals surface area contributed by atoms with E-state index >= 15 is 0 Å². The summed E-state index contributed by atoms with van der Waals surface area (Å²) in [5.41, 5.74) is 8.74. The molecule has 1 aromatic rings. The highest BCUT2D eigenvalue weighted by Gasteiger charge is 2.30. The van der Waals surface area contributed by atoms with E-state index in [9.17, 15) is 0 Å². The molecular weight excluding hydrogens is 238 g/mol. The number of fused-ring (bicyclic) bond motifs is 1. The van der Waals surface area contributed by atoms with Crippen molar-refractivity contribution in [2.75, 3.05) is 13.7 Å². The number of hydrogen-bond acceptors (Lipinski definition) is 3. The molecule has 0 aromatic heterocycles. The molecule has 0 spiro atoms. The average molecular weight is 263 g/mol. The van der Waals surface area contributed by atoms with Gasteiger partial charge in [-0.05, 0) is 42.0 Å². The Labute approximate surface area is 116 Å². The number of methoxy groups -OCH3 is 1. The SMILES string of the molecule is COc1ccc2c(c1)C(N)C(OCCCC(C)C)C2. The molecule has 0 saturated carbocycles. The van der Waals surface area contributed by atoms with Gasteiger partial charge in [-0.3, -0.25) is 0 Å². The van der Waals surface area contributed by atoms with Crippen LogP contribution in [0.4, 0.5) is 0 Å². The summed E-state index contributed by atoms with van der Waals surface area (Å²) in [6.07, 6.45) is 3.36. The first-order valence-corrected chi connectivity index (χ1v) is 7.15. The first-order chi connectivity index (χ1) is 9.11. The van der Waals surface area contributed by atoms with Gasteiger partial charge in [-0.2, -0.15) is 0 Å². The lowest BCUT2D eigenvalue weighted by Crippen LogP contribution is -2.25. The largest absolute Gasteiger partial charge is 0.497 e. The van der Waals surface area contributed by atoms with Crippen LogP contribution in [0.5, 0.6) is 5.75 Å². The summed E-state index contributed by atoms with van der Waals surface area (Å²) in [5.74, 6) is 1.61. The number of nitrogens with two attached hydrogens (primary N) is 1. The predicted molar refractivity (Wildman–Crippen MR) is 77.4 cm³/mol. The second-order valence-corrected chi connectivity index (χ2v) is 5.74. The first kappa shape index (κ1) is 14.4. The van der Waals surface area contributed by atoms with Crippen molar-refractivity contribution in [2.45, 2.75) is 45.3 Å². The molecule has 106 valence electrons. The monoisotopic (exact) mass is 263 g/mol. The van der Waals surface area contributed by atoms with Crippen LogP contribution in [0.3, 0.4) is 0 Å². The lowest BCUT2D eigenvalue weighted by atomic mass is 10.1. The molecule has 1 aromatic carbocycles. The van der Waals surface area contributed by atoms with E-state index in [1.165, 1.54) is 17.5 Å². The fourth-order valence-corrected chi connectivity index (χ4v) is 2.63. The molecule has 0 bridgehead atoms. The molecule has 2 unspecified atom stereocenters. The average Bonchev–Trinajstić information content (AvgIpc) is 2.71. The van der Waals surface area contributed by atoms with Gasteiger partial charge in [0, 0.05) is 13.0 Å². The van der Waals surface area contributed by atoms with Crippen LogP contribution < -0.4 is 10.5 Å². The molecule has 2 N–H and O–H groups in total. The summed E-state index contributed by atoms with van der Waals surface area (Å²) >= 11 is 0. The predicted octanol–water partition coefficient (Wildman–Crippen LogP) is 3.07. The zero-order valence-electron chi connectivity index (χ0n) is 12.2. The molecule has 2 rings (SSSR count). The van der Waals surface area contributed by atoms with Crippen molar-refractivity contribution in [2.24, 2.45) is 11.7 Å². The van der Waals surface area contributed by atoms with Crippen LogP contribution in [0.15, 0.2) is 18.2 Å². The lowest BCUT2D eigenvalue weighted by Gasteiger charge is -2.17. The van der Waals surface area contributed by atoms with Gasteiger partial charge in [0.2, 0.25) is 0 Å². The Morgan fingerprint density at radius 2 is 2.16 bits per heavy atom. The first-order valence-electron chi connectivity index (χ1n) is 7.15. The zero-order chi connectivity index (χ0) is 13.8. The van der Waals surface area contributed by atoms with Crippen LogP contribution in [0, 0.1) is 5.92 Å². The van der Waals surface area contributed by atoms with Crippen LogP contribution in [-0.4, -0.2) is 19.8 Å². The Bertz CT molecular complexity index is 417. The molecule has 0 amide bonds. The highest BCUT2D eigenvalue weighted by atomic mass is 16.5. The minimum atomic E-state index is -0.0239. The number of benzene rings is 1. The molecule has 3 heteroatoms. The fourth-order valence-electron chi connectivity index (χ4n) is 2.63. The van der Waals surface area contributed by atoms with Crippen LogP contribution in [0.1, 0.15) is 43.9 Å². The molecule has 0 radical (unpaired) electrons. The molecule has 0 aliphatic heterocycles. The molecule has 0 fully saturated rings. The summed E-state index contributed by atoms with van der Waals surface area (Å²) in [6.45, 7) is 5.29. The second kappa shape index (κ2) is 6.40. The van der Waals surface area contributed by atoms with E-state index in [0.717, 1.165) is 31.1 Å². The Kier molecular flexibility index (Phi) is 4.83. The topological polar surface area (TPSA) is 44.5 Å². The van der Waals surface area contributed by atoms with Gasteiger partial charge >= 0.3 is 0 Å². The second-order valence-electron chi connectivity index (χ2n) is 5.74. The van der Waals surface area contributed by atoms with Crippen molar-refractivity contribution in [1.82, 2.24) is 0 Å². The van der Waals surface area contributed by atoms with Gasteiger partial charge in [-0.25, -0.2) is 0 Å². The molecular formula is C16H25NO2. The standard InChI is InChI=1S/C16H25NO2/c1-11(2)5-4-8-19-15-9-12-6-7-13(18-3)10-14(12)16(15)17/h6-7,10-11,15-16H,4-5,8-9,17H2,1-3H3. The van der Waals surface area contributed by atoms with Gasteiger partial charge < -0.3 is 15.2 Å². The summed E-state index contributed by atoms with van der Waals surface area (Å²) in [7, 11) is 1.68. The van der Waals surface area contributed by atoms with Gasteiger partial charge in [0.15, 0.2) is 0 Å². The molecule has 19 heavy (non-hydrogen) atoms. The van der Waals surface area contributed by atoms with Crippen LogP contribution in [0.25, 0.3) is 0 Å². The van der Waals surface area contributed by atoms with E-state index in [2.05, 4.69) is 19.9 Å². The quantitative estimate of drug-likeness (QED) is 0.802. The minimum absolute atomic E-state index is 0.0239. The minimum Gasteiger partial charge on any atom is -0.497 e. The van der Waals surface area contributed by atoms with Crippen molar-refractivity contribution in [3.05, 3.63) is 29.3 Å². The summed E-state index contributed by atoms with van der Waals surface area (Å²) in [6, 6.07) is 6.11. The molecule has 0 heterocycles. The number of hydrogen-bond donors (Lipinski definition) is 1. The van der Waals surface area contributed by atoms with Crippen LogP contribution >= 0.6 is 0 Å². The fraction of sp³-hybridized carbons (Fsp3) is 0.625. The van der Waals surface area contributed by atoms with Crippen molar-refractivity contribution >= 4 is 0 Å². The van der Waals surface area contributed by atoms with Crippen molar-refractivity contribution in [3.63, 3.8) is 0 Å². The van der Waals surface area contributed by atoms with E-state index in [1.54, 1.807) is 7.11 Å². The highest BCUT2D eigenvalue weighted by molar-refractivity contribution is 5.42. The van der Waals surface area contributed by atoms with Gasteiger partial charge in [0.1, 0.15) is 5.75 Å². The van der Waals surface area contributed by atoms with Crippen LogP contribution in [0.2, 0.25) is 0 Å². The summed E-state index contributed by atoms with van der Waals surface area (Å²) < 4.78 is 11.2. The molecule has 3 nitrogen and oxygen atoms in total. The van der Waals surface area contributed by atoms with Crippen molar-refractivity contribution in [3.8, 4) is 5.75 Å². The summed E-state index contributed by atoms with van der Waals surface area (Å²) in [5, 5.41) is 0. The van der Waals surface area contributed by atoms with Gasteiger partial charge in [0.05, 0.1) is 19.3 Å². The Morgan fingerprint density at radius 1 is 1.37 bits per heavy atom. The van der Waals surface area contributed by atoms with Gasteiger partial charge in [0.25, 0.3) is 0 Å². The summed E-state index contributed by atoms with van der Waals surface area (Å²) in [4.78, 5) is 0. The molecule has 1 aliphatic rings. The van der Waals surface area contributed by atoms with E-state index in [-0.39, 0.29) is 12.1 Å². The maximum atomic E-state index is 6.28. The lowest BCUT2D eigenvalue weighted by molar-refractivity contribution is 0.0401. The Balaban J connectivity index is 1.89. The molecule has 0 saturated heterocycles.